The molecule has 0 aliphatic rings. The molecule has 0 aliphatic carbocycles. The van der Waals surface area contributed by atoms with Gasteiger partial charge in [-0.15, -0.1) is 0 Å². The molecule has 1 unspecified atom stereocenters. The first-order valence-corrected chi connectivity index (χ1v) is 4.54. The molecule has 0 spiro atoms. The Labute approximate surface area is 83.0 Å². The molecule has 0 bridgehead atoms. The maximum Gasteiger partial charge on any atom is 0.312 e. The number of hydrogen-bond donors (Lipinski definition) is 1. The zero-order valence-corrected chi connectivity index (χ0v) is 8.56. The molecule has 4 nitrogen and oxygen atoms in total. The summed E-state index contributed by atoms with van der Waals surface area (Å²) < 4.78 is 0. The molecule has 0 saturated heterocycles. The molecule has 0 aliphatic heterocycles. The summed E-state index contributed by atoms with van der Waals surface area (Å²) in [5.41, 5.74) is 1.25. The summed E-state index contributed by atoms with van der Waals surface area (Å²) >= 11 is 0. The summed E-state index contributed by atoms with van der Waals surface area (Å²) in [7, 11) is 0. The van der Waals surface area contributed by atoms with Crippen LogP contribution in [0.1, 0.15) is 31.2 Å². The first kappa shape index (κ1) is 10.6. The van der Waals surface area contributed by atoms with Crippen molar-refractivity contribution in [1.29, 1.82) is 0 Å². The van der Waals surface area contributed by atoms with E-state index in [0.717, 1.165) is 0 Å². The number of carbonyl (C=O) groups is 1. The molecule has 1 N–H and O–H groups in total. The van der Waals surface area contributed by atoms with Gasteiger partial charge in [-0.05, 0) is 12.8 Å². The van der Waals surface area contributed by atoms with Crippen LogP contribution in [0.3, 0.4) is 0 Å². The molecule has 1 aromatic rings. The number of carboxylic acids is 1. The van der Waals surface area contributed by atoms with Crippen molar-refractivity contribution in [3.63, 3.8) is 0 Å². The Morgan fingerprint density at radius 1 is 1.36 bits per heavy atom. The number of nitrogens with zero attached hydrogens (tertiary/aromatic N) is 2. The largest absolute Gasteiger partial charge is 0.481 e. The molecular formula is C10H14N2O2. The van der Waals surface area contributed by atoms with E-state index < -0.39 is 11.9 Å². The SMILES string of the molecule is Cc1nccnc1C(C(=O)O)C(C)C. The van der Waals surface area contributed by atoms with E-state index in [9.17, 15) is 4.79 Å². The predicted molar refractivity (Wildman–Crippen MR) is 52.0 cm³/mol. The van der Waals surface area contributed by atoms with Gasteiger partial charge < -0.3 is 5.11 Å². The Hall–Kier alpha value is -1.45. The van der Waals surface area contributed by atoms with Crippen LogP contribution in [0.5, 0.6) is 0 Å². The van der Waals surface area contributed by atoms with Gasteiger partial charge in [-0.1, -0.05) is 13.8 Å². The van der Waals surface area contributed by atoms with Gasteiger partial charge in [-0.3, -0.25) is 14.8 Å². The molecule has 0 amide bonds. The van der Waals surface area contributed by atoms with Crippen molar-refractivity contribution < 1.29 is 9.90 Å². The molecule has 1 rings (SSSR count). The third kappa shape index (κ3) is 2.07. The van der Waals surface area contributed by atoms with Gasteiger partial charge in [-0.2, -0.15) is 0 Å². The normalized spacial score (nSPS) is 12.9. The van der Waals surface area contributed by atoms with Crippen molar-refractivity contribution in [3.8, 4) is 0 Å². The van der Waals surface area contributed by atoms with Crippen molar-refractivity contribution in [1.82, 2.24) is 9.97 Å². The van der Waals surface area contributed by atoms with E-state index >= 15 is 0 Å². The van der Waals surface area contributed by atoms with Crippen LogP contribution in [0.4, 0.5) is 0 Å². The predicted octanol–water partition coefficient (Wildman–Crippen LogP) is 1.61. The topological polar surface area (TPSA) is 63.1 Å². The van der Waals surface area contributed by atoms with Gasteiger partial charge >= 0.3 is 5.97 Å². The third-order valence-corrected chi connectivity index (χ3v) is 2.15. The molecule has 0 aromatic carbocycles. The Balaban J connectivity index is 3.12. The van der Waals surface area contributed by atoms with Crippen molar-refractivity contribution in [2.75, 3.05) is 0 Å². The fourth-order valence-corrected chi connectivity index (χ4v) is 1.44. The van der Waals surface area contributed by atoms with Crippen LogP contribution in [-0.4, -0.2) is 21.0 Å². The number of aryl methyl sites for hydroxylation is 1. The van der Waals surface area contributed by atoms with Crippen LogP contribution >= 0.6 is 0 Å². The molecule has 0 saturated carbocycles. The van der Waals surface area contributed by atoms with E-state index in [-0.39, 0.29) is 5.92 Å². The van der Waals surface area contributed by atoms with Crippen molar-refractivity contribution >= 4 is 5.97 Å². The van der Waals surface area contributed by atoms with Gasteiger partial charge in [0.05, 0.1) is 11.4 Å². The summed E-state index contributed by atoms with van der Waals surface area (Å²) in [6.07, 6.45) is 3.10. The fraction of sp³-hybridized carbons (Fsp3) is 0.500. The fourth-order valence-electron chi connectivity index (χ4n) is 1.44. The minimum absolute atomic E-state index is 0.0166. The minimum Gasteiger partial charge on any atom is -0.481 e. The van der Waals surface area contributed by atoms with E-state index in [0.29, 0.717) is 11.4 Å². The molecule has 0 fully saturated rings. The zero-order valence-electron chi connectivity index (χ0n) is 8.56. The Kier molecular flexibility index (Phi) is 3.17. The summed E-state index contributed by atoms with van der Waals surface area (Å²) in [5.74, 6) is -1.39. The second-order valence-corrected chi connectivity index (χ2v) is 3.59. The Morgan fingerprint density at radius 2 is 1.93 bits per heavy atom. The van der Waals surface area contributed by atoms with Crippen molar-refractivity contribution in [2.24, 2.45) is 5.92 Å². The Bertz CT molecular complexity index is 337. The molecule has 1 atom stereocenters. The average molecular weight is 194 g/mol. The Morgan fingerprint density at radius 3 is 2.36 bits per heavy atom. The maximum atomic E-state index is 11.0. The zero-order chi connectivity index (χ0) is 10.7. The van der Waals surface area contributed by atoms with E-state index in [4.69, 9.17) is 5.11 Å². The minimum atomic E-state index is -0.844. The highest BCUT2D eigenvalue weighted by atomic mass is 16.4. The van der Waals surface area contributed by atoms with Crippen LogP contribution in [-0.2, 0) is 4.79 Å². The quantitative estimate of drug-likeness (QED) is 0.794. The highest BCUT2D eigenvalue weighted by Crippen LogP contribution is 2.24. The van der Waals surface area contributed by atoms with Gasteiger partial charge in [0.1, 0.15) is 5.92 Å². The van der Waals surface area contributed by atoms with Crippen molar-refractivity contribution in [2.45, 2.75) is 26.7 Å². The second kappa shape index (κ2) is 4.17. The van der Waals surface area contributed by atoms with Gasteiger partial charge in [0.2, 0.25) is 0 Å². The lowest BCUT2D eigenvalue weighted by Gasteiger charge is -2.16. The number of carboxylic acid groups (broad SMARTS) is 1. The van der Waals surface area contributed by atoms with E-state index in [2.05, 4.69) is 9.97 Å². The van der Waals surface area contributed by atoms with Gasteiger partial charge in [0.15, 0.2) is 0 Å². The van der Waals surface area contributed by atoms with Crippen LogP contribution in [0.15, 0.2) is 12.4 Å². The van der Waals surface area contributed by atoms with Gasteiger partial charge in [0.25, 0.3) is 0 Å². The first-order valence-electron chi connectivity index (χ1n) is 4.54. The summed E-state index contributed by atoms with van der Waals surface area (Å²) in [5, 5.41) is 9.05. The lowest BCUT2D eigenvalue weighted by molar-refractivity contribution is -0.140. The molecular weight excluding hydrogens is 180 g/mol. The second-order valence-electron chi connectivity index (χ2n) is 3.59. The molecule has 1 heterocycles. The average Bonchev–Trinajstić information content (AvgIpc) is 2.07. The molecule has 0 radical (unpaired) electrons. The van der Waals surface area contributed by atoms with Crippen LogP contribution in [0, 0.1) is 12.8 Å². The molecule has 14 heavy (non-hydrogen) atoms. The highest BCUT2D eigenvalue weighted by molar-refractivity contribution is 5.76. The lowest BCUT2D eigenvalue weighted by atomic mass is 9.91. The number of hydrogen-bond acceptors (Lipinski definition) is 3. The molecule has 76 valence electrons. The smallest absolute Gasteiger partial charge is 0.312 e. The summed E-state index contributed by atoms with van der Waals surface area (Å²) in [6, 6.07) is 0. The monoisotopic (exact) mass is 194 g/mol. The summed E-state index contributed by atoms with van der Waals surface area (Å²) in [4.78, 5) is 19.1. The van der Waals surface area contributed by atoms with E-state index in [1.807, 2.05) is 13.8 Å². The van der Waals surface area contributed by atoms with Crippen LogP contribution in [0.2, 0.25) is 0 Å². The number of rotatable bonds is 3. The highest BCUT2D eigenvalue weighted by Gasteiger charge is 2.26. The standard InChI is InChI=1S/C10H14N2O2/c1-6(2)8(10(13)14)9-7(3)11-4-5-12-9/h4-6,8H,1-3H3,(H,13,14). The first-order chi connectivity index (χ1) is 6.54. The molecule has 1 aromatic heterocycles. The van der Waals surface area contributed by atoms with Crippen LogP contribution in [0.25, 0.3) is 0 Å². The number of aliphatic carboxylic acids is 1. The van der Waals surface area contributed by atoms with Crippen LogP contribution < -0.4 is 0 Å². The maximum absolute atomic E-state index is 11.0. The lowest BCUT2D eigenvalue weighted by Crippen LogP contribution is -2.20. The molecule has 4 heteroatoms. The van der Waals surface area contributed by atoms with Gasteiger partial charge in [0, 0.05) is 12.4 Å². The van der Waals surface area contributed by atoms with Crippen molar-refractivity contribution in [3.05, 3.63) is 23.8 Å². The summed E-state index contributed by atoms with van der Waals surface area (Å²) in [6.45, 7) is 5.51. The number of aromatic nitrogens is 2. The van der Waals surface area contributed by atoms with Gasteiger partial charge in [-0.25, -0.2) is 0 Å². The van der Waals surface area contributed by atoms with E-state index in [1.165, 1.54) is 6.20 Å². The third-order valence-electron chi connectivity index (χ3n) is 2.15. The van der Waals surface area contributed by atoms with E-state index in [1.54, 1.807) is 13.1 Å².